The molecule has 0 radical (unpaired) electrons. The number of nitrogens with zero attached hydrogens (tertiary/aromatic N) is 1. The van der Waals surface area contributed by atoms with Crippen molar-refractivity contribution in [3.63, 3.8) is 0 Å². The highest BCUT2D eigenvalue weighted by molar-refractivity contribution is 5.20. The molecule has 1 nitrogen and oxygen atoms in total. The van der Waals surface area contributed by atoms with Crippen LogP contribution in [0.2, 0.25) is 0 Å². The van der Waals surface area contributed by atoms with E-state index in [1.165, 1.54) is 0 Å². The van der Waals surface area contributed by atoms with Crippen molar-refractivity contribution in [2.24, 2.45) is 10.8 Å². The van der Waals surface area contributed by atoms with Gasteiger partial charge in [-0.05, 0) is 48.5 Å². The summed E-state index contributed by atoms with van der Waals surface area (Å²) in [5, 5.41) is 0. The van der Waals surface area contributed by atoms with E-state index in [0.29, 0.717) is 5.54 Å². The minimum atomic E-state index is 0.130. The Bertz CT molecular complexity index is 284. The summed E-state index contributed by atoms with van der Waals surface area (Å²) < 4.78 is 0. The van der Waals surface area contributed by atoms with Gasteiger partial charge in [-0.25, -0.2) is 0 Å². The quantitative estimate of drug-likeness (QED) is 0.552. The van der Waals surface area contributed by atoms with Gasteiger partial charge in [-0.2, -0.15) is 0 Å². The molecule has 1 saturated heterocycles. The number of hydrogen-bond acceptors (Lipinski definition) is 1. The lowest BCUT2D eigenvalue weighted by Gasteiger charge is -2.52. The zero-order valence-electron chi connectivity index (χ0n) is 11.4. The molecule has 1 aliphatic rings. The SMILES string of the molecule is CC(C)(C)C#CC1(C)CN(C(C)(C)C)C1. The maximum Gasteiger partial charge on any atom is 0.0540 e. The molecule has 0 aromatic rings. The van der Waals surface area contributed by atoms with E-state index in [4.69, 9.17) is 0 Å². The third-order valence-corrected chi connectivity index (χ3v) is 2.77. The lowest BCUT2D eigenvalue weighted by atomic mass is 9.78. The predicted molar refractivity (Wildman–Crippen MR) is 66.7 cm³/mol. The molecule has 0 aliphatic carbocycles. The van der Waals surface area contributed by atoms with Crippen LogP contribution >= 0.6 is 0 Å². The van der Waals surface area contributed by atoms with E-state index in [0.717, 1.165) is 13.1 Å². The van der Waals surface area contributed by atoms with Crippen molar-refractivity contribution in [2.75, 3.05) is 13.1 Å². The van der Waals surface area contributed by atoms with Crippen LogP contribution in [0.15, 0.2) is 0 Å². The molecule has 1 heteroatoms. The van der Waals surface area contributed by atoms with Crippen molar-refractivity contribution >= 4 is 0 Å². The minimum Gasteiger partial charge on any atom is -0.295 e. The Morgan fingerprint density at radius 3 is 1.80 bits per heavy atom. The molecular weight excluding hydrogens is 182 g/mol. The fourth-order valence-corrected chi connectivity index (χ4v) is 1.69. The first-order valence-electron chi connectivity index (χ1n) is 5.81. The van der Waals surface area contributed by atoms with Crippen molar-refractivity contribution in [2.45, 2.75) is 54.0 Å². The zero-order chi connectivity index (χ0) is 11.9. The lowest BCUT2D eigenvalue weighted by molar-refractivity contribution is -0.0143. The summed E-state index contributed by atoms with van der Waals surface area (Å²) in [5.41, 5.74) is 0.647. The first-order chi connectivity index (χ1) is 6.52. The minimum absolute atomic E-state index is 0.130. The molecular formula is C14H25N. The summed E-state index contributed by atoms with van der Waals surface area (Å²) in [6.45, 7) is 17.8. The average Bonchev–Trinajstić information content (AvgIpc) is 1.92. The Morgan fingerprint density at radius 2 is 1.47 bits per heavy atom. The molecule has 1 aliphatic heterocycles. The maximum absolute atomic E-state index is 3.45. The van der Waals surface area contributed by atoms with Crippen LogP contribution < -0.4 is 0 Å². The third-order valence-electron chi connectivity index (χ3n) is 2.77. The van der Waals surface area contributed by atoms with Crippen molar-refractivity contribution in [1.29, 1.82) is 0 Å². The Hall–Kier alpha value is -0.480. The van der Waals surface area contributed by atoms with Gasteiger partial charge in [-0.15, -0.1) is 0 Å². The second-order valence-corrected chi connectivity index (χ2v) is 7.09. The molecule has 0 unspecified atom stereocenters. The normalized spacial score (nSPS) is 21.5. The van der Waals surface area contributed by atoms with Crippen molar-refractivity contribution in [3.05, 3.63) is 0 Å². The van der Waals surface area contributed by atoms with Gasteiger partial charge in [-0.3, -0.25) is 4.90 Å². The van der Waals surface area contributed by atoms with Gasteiger partial charge in [-0.1, -0.05) is 11.8 Å². The second kappa shape index (κ2) is 3.52. The first kappa shape index (κ1) is 12.6. The maximum atomic E-state index is 3.45. The van der Waals surface area contributed by atoms with E-state index in [1.807, 2.05) is 0 Å². The largest absolute Gasteiger partial charge is 0.295 e. The van der Waals surface area contributed by atoms with Gasteiger partial charge >= 0.3 is 0 Å². The predicted octanol–water partition coefficient (Wildman–Crippen LogP) is 3.16. The Morgan fingerprint density at radius 1 is 1.00 bits per heavy atom. The monoisotopic (exact) mass is 207 g/mol. The molecule has 0 N–H and O–H groups in total. The fourth-order valence-electron chi connectivity index (χ4n) is 1.69. The first-order valence-corrected chi connectivity index (χ1v) is 5.81. The van der Waals surface area contributed by atoms with Crippen LogP contribution in [-0.4, -0.2) is 23.5 Å². The van der Waals surface area contributed by atoms with Gasteiger partial charge in [0.2, 0.25) is 0 Å². The third kappa shape index (κ3) is 3.54. The average molecular weight is 207 g/mol. The van der Waals surface area contributed by atoms with E-state index >= 15 is 0 Å². The van der Waals surface area contributed by atoms with Crippen molar-refractivity contribution in [3.8, 4) is 11.8 Å². The molecule has 0 spiro atoms. The van der Waals surface area contributed by atoms with Crippen LogP contribution in [0.25, 0.3) is 0 Å². The zero-order valence-corrected chi connectivity index (χ0v) is 11.4. The molecule has 0 aromatic carbocycles. The van der Waals surface area contributed by atoms with E-state index in [-0.39, 0.29) is 10.8 Å². The van der Waals surface area contributed by atoms with Gasteiger partial charge in [0.1, 0.15) is 0 Å². The fraction of sp³-hybridized carbons (Fsp3) is 0.857. The van der Waals surface area contributed by atoms with Gasteiger partial charge in [0.25, 0.3) is 0 Å². The van der Waals surface area contributed by atoms with Crippen LogP contribution in [0.4, 0.5) is 0 Å². The summed E-state index contributed by atoms with van der Waals surface area (Å²) in [6, 6.07) is 0. The van der Waals surface area contributed by atoms with Gasteiger partial charge < -0.3 is 0 Å². The van der Waals surface area contributed by atoms with Crippen LogP contribution in [-0.2, 0) is 0 Å². The Labute approximate surface area is 95.2 Å². The summed E-state index contributed by atoms with van der Waals surface area (Å²) in [5.74, 6) is 6.81. The molecule has 0 aromatic heterocycles. The van der Waals surface area contributed by atoms with Crippen LogP contribution in [0.3, 0.4) is 0 Å². The summed E-state index contributed by atoms with van der Waals surface area (Å²) in [7, 11) is 0. The molecule has 0 atom stereocenters. The number of likely N-dealkylation sites (tertiary alicyclic amines) is 1. The molecule has 1 heterocycles. The molecule has 15 heavy (non-hydrogen) atoms. The lowest BCUT2D eigenvalue weighted by Crippen LogP contribution is -2.61. The molecule has 0 amide bonds. The van der Waals surface area contributed by atoms with Gasteiger partial charge in [0, 0.05) is 24.0 Å². The van der Waals surface area contributed by atoms with Crippen LogP contribution in [0.5, 0.6) is 0 Å². The number of hydrogen-bond donors (Lipinski definition) is 0. The molecule has 86 valence electrons. The van der Waals surface area contributed by atoms with E-state index in [1.54, 1.807) is 0 Å². The molecule has 0 bridgehead atoms. The topological polar surface area (TPSA) is 3.24 Å². The molecule has 0 saturated carbocycles. The summed E-state index contributed by atoms with van der Waals surface area (Å²) >= 11 is 0. The highest BCUT2D eigenvalue weighted by atomic mass is 15.3. The van der Waals surface area contributed by atoms with Gasteiger partial charge in [0.15, 0.2) is 0 Å². The standard InChI is InChI=1S/C14H25N/c1-12(2,3)8-9-14(7)10-15(11-14)13(4,5)6/h10-11H2,1-7H3. The van der Waals surface area contributed by atoms with Crippen molar-refractivity contribution < 1.29 is 0 Å². The van der Waals surface area contributed by atoms with E-state index < -0.39 is 0 Å². The van der Waals surface area contributed by atoms with Crippen molar-refractivity contribution in [1.82, 2.24) is 4.90 Å². The smallest absolute Gasteiger partial charge is 0.0540 e. The van der Waals surface area contributed by atoms with E-state index in [9.17, 15) is 0 Å². The number of rotatable bonds is 0. The van der Waals surface area contributed by atoms with Crippen LogP contribution in [0.1, 0.15) is 48.5 Å². The highest BCUT2D eigenvalue weighted by Crippen LogP contribution is 2.34. The van der Waals surface area contributed by atoms with E-state index in [2.05, 4.69) is 65.2 Å². The highest BCUT2D eigenvalue weighted by Gasteiger charge is 2.42. The molecule has 1 fully saturated rings. The summed E-state index contributed by atoms with van der Waals surface area (Å²) in [4.78, 5) is 2.49. The van der Waals surface area contributed by atoms with Crippen LogP contribution in [0, 0.1) is 22.7 Å². The summed E-state index contributed by atoms with van der Waals surface area (Å²) in [6.07, 6.45) is 0. The Kier molecular flexibility index (Phi) is 2.96. The van der Waals surface area contributed by atoms with Gasteiger partial charge in [0.05, 0.1) is 5.41 Å². The second-order valence-electron chi connectivity index (χ2n) is 7.09. The molecule has 1 rings (SSSR count). The Balaban J connectivity index is 2.58.